The van der Waals surface area contributed by atoms with E-state index >= 15 is 0 Å². The quantitative estimate of drug-likeness (QED) is 0.454. The highest BCUT2D eigenvalue weighted by Gasteiger charge is 2.27. The number of nitrogens with zero attached hydrogens (tertiary/aromatic N) is 4. The largest absolute Gasteiger partial charge is 0.487 e. The van der Waals surface area contributed by atoms with Gasteiger partial charge in [0.25, 0.3) is 11.1 Å². The first-order chi connectivity index (χ1) is 16.6. The van der Waals surface area contributed by atoms with Gasteiger partial charge < -0.3 is 14.6 Å². The molecule has 2 N–H and O–H groups in total. The summed E-state index contributed by atoms with van der Waals surface area (Å²) in [6.07, 6.45) is 3.29. The van der Waals surface area contributed by atoms with Crippen LogP contribution in [0.5, 0.6) is 5.75 Å². The Balaban J connectivity index is 1.50. The molecule has 3 aliphatic rings. The summed E-state index contributed by atoms with van der Waals surface area (Å²) in [6.45, 7) is 5.04. The number of benzene rings is 2. The third-order valence-corrected chi connectivity index (χ3v) is 7.42. The SMILES string of the molecule is O=c1[nH]c2cc(N3CCCC3)cc3c2nc1-c1cccc2c(=O)n([nH]c12)CCN1CC[C@@H](C1)O3. The molecule has 5 heterocycles. The van der Waals surface area contributed by atoms with Crippen molar-refractivity contribution in [2.75, 3.05) is 37.6 Å². The highest BCUT2D eigenvalue weighted by atomic mass is 16.5. The van der Waals surface area contributed by atoms with Gasteiger partial charge in [0.1, 0.15) is 23.1 Å². The van der Waals surface area contributed by atoms with E-state index in [1.165, 1.54) is 12.8 Å². The van der Waals surface area contributed by atoms with E-state index in [9.17, 15) is 9.59 Å². The molecule has 174 valence electrons. The van der Waals surface area contributed by atoms with Gasteiger partial charge in [-0.05, 0) is 31.4 Å². The minimum Gasteiger partial charge on any atom is -0.487 e. The Morgan fingerprint density at radius 3 is 2.79 bits per heavy atom. The van der Waals surface area contributed by atoms with Gasteiger partial charge in [0.15, 0.2) is 0 Å². The predicted octanol–water partition coefficient (Wildman–Crippen LogP) is 2.30. The highest BCUT2D eigenvalue weighted by molar-refractivity contribution is 5.94. The molecule has 2 atom stereocenters. The van der Waals surface area contributed by atoms with Crippen LogP contribution in [0.4, 0.5) is 5.69 Å². The Kier molecular flexibility index (Phi) is 4.35. The molecule has 2 aromatic carbocycles. The zero-order chi connectivity index (χ0) is 22.8. The number of fused-ring (bicyclic) bond motifs is 5. The van der Waals surface area contributed by atoms with Crippen LogP contribution in [0.25, 0.3) is 33.2 Å². The van der Waals surface area contributed by atoms with E-state index < -0.39 is 0 Å². The van der Waals surface area contributed by atoms with E-state index in [1.807, 2.05) is 12.1 Å². The van der Waals surface area contributed by atoms with Crippen molar-refractivity contribution in [3.05, 3.63) is 51.0 Å². The predicted molar refractivity (Wildman–Crippen MR) is 131 cm³/mol. The Morgan fingerprint density at radius 1 is 1.03 bits per heavy atom. The molecular weight excluding hydrogens is 432 g/mol. The fourth-order valence-electron chi connectivity index (χ4n) is 5.63. The molecule has 2 saturated heterocycles. The summed E-state index contributed by atoms with van der Waals surface area (Å²) in [7, 11) is 0. The van der Waals surface area contributed by atoms with E-state index in [2.05, 4.69) is 25.9 Å². The van der Waals surface area contributed by atoms with Crippen molar-refractivity contribution in [2.45, 2.75) is 31.9 Å². The second-order valence-corrected chi connectivity index (χ2v) is 9.57. The number of rotatable bonds is 1. The van der Waals surface area contributed by atoms with Crippen molar-refractivity contribution in [1.29, 1.82) is 0 Å². The molecule has 7 rings (SSSR count). The number of hydrogen-bond donors (Lipinski definition) is 2. The Hall–Kier alpha value is -3.59. The molecule has 34 heavy (non-hydrogen) atoms. The van der Waals surface area contributed by atoms with Gasteiger partial charge in [0.05, 0.1) is 23.0 Å². The third-order valence-electron chi connectivity index (χ3n) is 7.42. The maximum atomic E-state index is 13.3. The van der Waals surface area contributed by atoms with Crippen LogP contribution in [-0.2, 0) is 6.54 Å². The van der Waals surface area contributed by atoms with E-state index in [-0.39, 0.29) is 22.9 Å². The van der Waals surface area contributed by atoms with Crippen LogP contribution < -0.4 is 20.8 Å². The fraction of sp³-hybridized carbons (Fsp3) is 0.400. The van der Waals surface area contributed by atoms with Crippen LogP contribution in [0.3, 0.4) is 0 Å². The topological polar surface area (TPSA) is 99.2 Å². The zero-order valence-corrected chi connectivity index (χ0v) is 18.8. The minimum atomic E-state index is -0.280. The average molecular weight is 459 g/mol. The number of H-pyrrole nitrogens is 2. The van der Waals surface area contributed by atoms with Crippen molar-refractivity contribution in [3.63, 3.8) is 0 Å². The lowest BCUT2D eigenvalue weighted by atomic mass is 10.1. The van der Waals surface area contributed by atoms with Gasteiger partial charge in [-0.1, -0.05) is 12.1 Å². The van der Waals surface area contributed by atoms with E-state index in [4.69, 9.17) is 9.72 Å². The first-order valence-electron chi connectivity index (χ1n) is 12.1. The van der Waals surface area contributed by atoms with Gasteiger partial charge in [0.2, 0.25) is 0 Å². The summed E-state index contributed by atoms with van der Waals surface area (Å²) < 4.78 is 8.19. The van der Waals surface area contributed by atoms with Crippen LogP contribution in [-0.4, -0.2) is 63.5 Å². The minimum absolute atomic E-state index is 0.0380. The molecular formula is C25H26N6O3. The van der Waals surface area contributed by atoms with Crippen molar-refractivity contribution in [1.82, 2.24) is 24.6 Å². The average Bonchev–Trinajstić information content (AvgIpc) is 3.58. The maximum Gasteiger partial charge on any atom is 0.275 e. The van der Waals surface area contributed by atoms with E-state index in [0.717, 1.165) is 44.8 Å². The fourth-order valence-corrected chi connectivity index (χ4v) is 5.63. The molecule has 1 unspecified atom stereocenters. The molecule has 2 fully saturated rings. The number of aromatic amines is 2. The lowest BCUT2D eigenvalue weighted by Gasteiger charge is -2.22. The molecule has 4 aromatic rings. The number of anilines is 1. The number of hydrogen-bond acceptors (Lipinski definition) is 6. The second kappa shape index (κ2) is 7.46. The molecule has 0 radical (unpaired) electrons. The van der Waals surface area contributed by atoms with E-state index in [1.54, 1.807) is 16.8 Å². The molecule has 0 saturated carbocycles. The van der Waals surface area contributed by atoms with Gasteiger partial charge in [-0.15, -0.1) is 0 Å². The Morgan fingerprint density at radius 2 is 1.91 bits per heavy atom. The summed E-state index contributed by atoms with van der Waals surface area (Å²) in [4.78, 5) is 38.9. The first-order valence-corrected chi connectivity index (χ1v) is 12.1. The number of nitrogens with one attached hydrogen (secondary N) is 2. The standard InChI is InChI=1S/C25H26N6O3/c32-24-22-17-4-3-5-18-21(17)28-31(25(18)33)11-10-29-9-6-16(14-29)34-20-13-15(30-7-1-2-8-30)12-19(26-24)23(20)27-22/h3-5,12-13,16,28H,1-2,6-11,14H2,(H,26,32)/t16-/m0/s1. The van der Waals surface area contributed by atoms with Gasteiger partial charge in [-0.3, -0.25) is 24.3 Å². The normalized spacial score (nSPS) is 22.1. The zero-order valence-electron chi connectivity index (χ0n) is 18.8. The second-order valence-electron chi connectivity index (χ2n) is 9.57. The Bertz CT molecular complexity index is 1540. The van der Waals surface area contributed by atoms with Crippen LogP contribution >= 0.6 is 0 Å². The number of para-hydroxylation sites is 1. The highest BCUT2D eigenvalue weighted by Crippen LogP contribution is 2.34. The van der Waals surface area contributed by atoms with Crippen LogP contribution in [0.2, 0.25) is 0 Å². The van der Waals surface area contributed by atoms with Gasteiger partial charge in [-0.2, -0.15) is 0 Å². The van der Waals surface area contributed by atoms with Gasteiger partial charge >= 0.3 is 0 Å². The first kappa shape index (κ1) is 19.8. The lowest BCUT2D eigenvalue weighted by Crippen LogP contribution is -2.30. The number of aromatic nitrogens is 4. The van der Waals surface area contributed by atoms with Crippen LogP contribution in [0.15, 0.2) is 39.9 Å². The summed E-state index contributed by atoms with van der Waals surface area (Å²) in [5.41, 5.74) is 3.56. The molecule has 0 amide bonds. The van der Waals surface area contributed by atoms with E-state index in [0.29, 0.717) is 39.8 Å². The third kappa shape index (κ3) is 3.07. The lowest BCUT2D eigenvalue weighted by molar-refractivity contribution is 0.199. The Labute approximate surface area is 194 Å². The molecule has 0 aliphatic carbocycles. The number of ether oxygens (including phenoxy) is 1. The van der Waals surface area contributed by atoms with Crippen molar-refractivity contribution in [3.8, 4) is 17.0 Å². The molecule has 3 aliphatic heterocycles. The maximum absolute atomic E-state index is 13.3. The van der Waals surface area contributed by atoms with Crippen LogP contribution in [0.1, 0.15) is 19.3 Å². The van der Waals surface area contributed by atoms with Crippen molar-refractivity contribution >= 4 is 27.6 Å². The van der Waals surface area contributed by atoms with Gasteiger partial charge in [-0.25, -0.2) is 4.98 Å². The molecule has 9 nitrogen and oxygen atoms in total. The summed E-state index contributed by atoms with van der Waals surface area (Å²) in [6, 6.07) is 9.53. The van der Waals surface area contributed by atoms with Crippen molar-refractivity contribution in [2.24, 2.45) is 0 Å². The summed E-state index contributed by atoms with van der Waals surface area (Å²) in [5, 5.41) is 3.81. The molecule has 9 heteroatoms. The van der Waals surface area contributed by atoms with Gasteiger partial charge in [0, 0.05) is 50.0 Å². The summed E-state index contributed by atoms with van der Waals surface area (Å²) in [5.74, 6) is 0.707. The molecule has 6 bridgehead atoms. The summed E-state index contributed by atoms with van der Waals surface area (Å²) >= 11 is 0. The monoisotopic (exact) mass is 458 g/mol. The molecule has 0 spiro atoms. The molecule has 2 aromatic heterocycles. The van der Waals surface area contributed by atoms with Crippen LogP contribution in [0, 0.1) is 0 Å². The smallest absolute Gasteiger partial charge is 0.275 e. The van der Waals surface area contributed by atoms with Crippen molar-refractivity contribution < 1.29 is 4.74 Å².